The molecule has 0 unspecified atom stereocenters. The largest absolute Gasteiger partial charge is 0.383 e. The van der Waals surface area contributed by atoms with Crippen molar-refractivity contribution in [3.63, 3.8) is 0 Å². The first-order valence-electron chi connectivity index (χ1n) is 5.40. The molecule has 0 bridgehead atoms. The Morgan fingerprint density at radius 3 is 2.78 bits per heavy atom. The summed E-state index contributed by atoms with van der Waals surface area (Å²) in [7, 11) is 1.58. The molecule has 18 heavy (non-hydrogen) atoms. The Hall–Kier alpha value is -0.460. The molecule has 0 saturated carbocycles. The van der Waals surface area contributed by atoms with Crippen LogP contribution in [0.3, 0.4) is 0 Å². The van der Waals surface area contributed by atoms with E-state index in [1.54, 1.807) is 18.1 Å². The Labute approximate surface area is 123 Å². The van der Waals surface area contributed by atoms with Gasteiger partial charge in [-0.1, -0.05) is 22.0 Å². The molecule has 0 aliphatic rings. The fourth-order valence-corrected chi connectivity index (χ4v) is 2.32. The van der Waals surface area contributed by atoms with E-state index in [-0.39, 0.29) is 10.4 Å². The number of halogens is 3. The summed E-state index contributed by atoms with van der Waals surface area (Å²) in [5.41, 5.74) is 0.326. The molecule has 1 amide bonds. The molecule has 0 atom stereocenters. The van der Waals surface area contributed by atoms with Gasteiger partial charge in [0.1, 0.15) is 5.82 Å². The van der Waals surface area contributed by atoms with Crippen LogP contribution in [0.2, 0.25) is 0 Å². The van der Waals surface area contributed by atoms with E-state index < -0.39 is 5.82 Å². The van der Waals surface area contributed by atoms with Crippen LogP contribution in [0.15, 0.2) is 22.7 Å². The molecular weight excluding hydrogens is 369 g/mol. The van der Waals surface area contributed by atoms with Gasteiger partial charge in [-0.2, -0.15) is 0 Å². The third kappa shape index (κ3) is 4.03. The Morgan fingerprint density at radius 1 is 1.44 bits per heavy atom. The van der Waals surface area contributed by atoms with Crippen molar-refractivity contribution >= 4 is 37.8 Å². The molecule has 0 saturated heterocycles. The van der Waals surface area contributed by atoms with Gasteiger partial charge < -0.3 is 9.64 Å². The predicted molar refractivity (Wildman–Crippen MR) is 75.7 cm³/mol. The van der Waals surface area contributed by atoms with E-state index in [4.69, 9.17) is 4.74 Å². The van der Waals surface area contributed by atoms with Crippen LogP contribution in [-0.4, -0.2) is 42.9 Å². The van der Waals surface area contributed by atoms with Crippen molar-refractivity contribution < 1.29 is 13.9 Å². The number of hydrogen-bond acceptors (Lipinski definition) is 2. The molecule has 1 aromatic rings. The molecule has 0 N–H and O–H groups in total. The molecule has 0 fully saturated rings. The molecule has 100 valence electrons. The van der Waals surface area contributed by atoms with Gasteiger partial charge in [-0.05, 0) is 28.1 Å². The highest BCUT2D eigenvalue weighted by atomic mass is 79.9. The topological polar surface area (TPSA) is 29.5 Å². The lowest BCUT2D eigenvalue weighted by Gasteiger charge is -2.22. The monoisotopic (exact) mass is 381 g/mol. The van der Waals surface area contributed by atoms with Crippen molar-refractivity contribution in [1.29, 1.82) is 0 Å². The molecule has 0 spiro atoms. The fraction of sp³-hybridized carbons (Fsp3) is 0.417. The van der Waals surface area contributed by atoms with E-state index in [0.717, 1.165) is 0 Å². The number of carbonyl (C=O) groups is 1. The number of hydrogen-bond donors (Lipinski definition) is 0. The highest BCUT2D eigenvalue weighted by Crippen LogP contribution is 2.21. The lowest BCUT2D eigenvalue weighted by molar-refractivity contribution is 0.0707. The summed E-state index contributed by atoms with van der Waals surface area (Å²) < 4.78 is 18.6. The van der Waals surface area contributed by atoms with Crippen molar-refractivity contribution in [1.82, 2.24) is 4.90 Å². The summed E-state index contributed by atoms with van der Waals surface area (Å²) in [6, 6.07) is 4.43. The number of ether oxygens (including phenoxy) is 1. The van der Waals surface area contributed by atoms with E-state index in [1.807, 2.05) is 0 Å². The maximum atomic E-state index is 13.4. The molecule has 3 nitrogen and oxygen atoms in total. The first-order valence-corrected chi connectivity index (χ1v) is 7.31. The van der Waals surface area contributed by atoms with Gasteiger partial charge in [0.15, 0.2) is 0 Å². The van der Waals surface area contributed by atoms with Crippen molar-refractivity contribution in [2.24, 2.45) is 0 Å². The highest BCUT2D eigenvalue weighted by Gasteiger charge is 2.19. The Balaban J connectivity index is 2.90. The van der Waals surface area contributed by atoms with E-state index in [1.165, 1.54) is 12.1 Å². The SMILES string of the molecule is COCCN(CCBr)C(=O)c1cccc(F)c1Br. The van der Waals surface area contributed by atoms with Crippen LogP contribution in [0.4, 0.5) is 4.39 Å². The van der Waals surface area contributed by atoms with Gasteiger partial charge in [0.25, 0.3) is 5.91 Å². The molecule has 0 heterocycles. The van der Waals surface area contributed by atoms with Gasteiger partial charge in [0.05, 0.1) is 16.6 Å². The lowest BCUT2D eigenvalue weighted by Crippen LogP contribution is -2.35. The summed E-state index contributed by atoms with van der Waals surface area (Å²) in [6.07, 6.45) is 0. The fourth-order valence-electron chi connectivity index (χ4n) is 1.46. The molecule has 0 aliphatic carbocycles. The highest BCUT2D eigenvalue weighted by molar-refractivity contribution is 9.10. The maximum Gasteiger partial charge on any atom is 0.255 e. The second kappa shape index (κ2) is 7.86. The normalized spacial score (nSPS) is 10.4. The van der Waals surface area contributed by atoms with E-state index >= 15 is 0 Å². The predicted octanol–water partition coefficient (Wildman–Crippen LogP) is 3.07. The molecule has 1 rings (SSSR count). The average molecular weight is 383 g/mol. The summed E-state index contributed by atoms with van der Waals surface area (Å²) in [5, 5.41) is 0.662. The Morgan fingerprint density at radius 2 is 2.17 bits per heavy atom. The van der Waals surface area contributed by atoms with Gasteiger partial charge in [-0.25, -0.2) is 4.39 Å². The molecule has 1 aromatic carbocycles. The number of carbonyl (C=O) groups excluding carboxylic acids is 1. The van der Waals surface area contributed by atoms with E-state index in [9.17, 15) is 9.18 Å². The van der Waals surface area contributed by atoms with Crippen molar-refractivity contribution in [2.45, 2.75) is 0 Å². The summed E-state index contributed by atoms with van der Waals surface area (Å²) >= 11 is 6.40. The van der Waals surface area contributed by atoms with Crippen molar-refractivity contribution in [2.75, 3.05) is 32.1 Å². The maximum absolute atomic E-state index is 13.4. The molecule has 0 aromatic heterocycles. The summed E-state index contributed by atoms with van der Waals surface area (Å²) in [6.45, 7) is 1.47. The Bertz CT molecular complexity index is 415. The number of alkyl halides is 1. The third-order valence-electron chi connectivity index (χ3n) is 2.39. The quantitative estimate of drug-likeness (QED) is 0.707. The second-order valence-electron chi connectivity index (χ2n) is 3.58. The van der Waals surface area contributed by atoms with Gasteiger partial charge in [0.2, 0.25) is 0 Å². The zero-order chi connectivity index (χ0) is 13.5. The smallest absolute Gasteiger partial charge is 0.255 e. The van der Waals surface area contributed by atoms with Crippen LogP contribution in [0.1, 0.15) is 10.4 Å². The minimum atomic E-state index is -0.439. The van der Waals surface area contributed by atoms with E-state index in [0.29, 0.717) is 30.6 Å². The summed E-state index contributed by atoms with van der Waals surface area (Å²) in [4.78, 5) is 13.9. The molecule has 6 heteroatoms. The van der Waals surface area contributed by atoms with Gasteiger partial charge in [0, 0.05) is 25.5 Å². The van der Waals surface area contributed by atoms with E-state index in [2.05, 4.69) is 31.9 Å². The van der Waals surface area contributed by atoms with Gasteiger partial charge >= 0.3 is 0 Å². The van der Waals surface area contributed by atoms with Crippen LogP contribution in [0.25, 0.3) is 0 Å². The number of nitrogens with zero attached hydrogens (tertiary/aromatic N) is 1. The van der Waals surface area contributed by atoms with Crippen LogP contribution >= 0.6 is 31.9 Å². The lowest BCUT2D eigenvalue weighted by atomic mass is 10.2. The minimum Gasteiger partial charge on any atom is -0.383 e. The van der Waals surface area contributed by atoms with Gasteiger partial charge in [-0.3, -0.25) is 4.79 Å². The molecule has 0 aliphatic heterocycles. The van der Waals surface area contributed by atoms with Crippen LogP contribution < -0.4 is 0 Å². The van der Waals surface area contributed by atoms with Crippen molar-refractivity contribution in [3.05, 3.63) is 34.1 Å². The van der Waals surface area contributed by atoms with Crippen LogP contribution in [0, 0.1) is 5.82 Å². The first-order chi connectivity index (χ1) is 8.61. The minimum absolute atomic E-state index is 0.201. The zero-order valence-corrected chi connectivity index (χ0v) is 13.1. The zero-order valence-electron chi connectivity index (χ0n) is 9.96. The van der Waals surface area contributed by atoms with Gasteiger partial charge in [-0.15, -0.1) is 0 Å². The standard InChI is InChI=1S/C12H14Br2FNO2/c1-18-8-7-16(6-5-13)12(17)9-3-2-4-10(15)11(9)14/h2-4H,5-8H2,1H3. The summed E-state index contributed by atoms with van der Waals surface area (Å²) in [5.74, 6) is -0.649. The molecular formula is C12H14Br2FNO2. The third-order valence-corrected chi connectivity index (χ3v) is 3.55. The molecule has 0 radical (unpaired) electrons. The number of amides is 1. The average Bonchev–Trinajstić information content (AvgIpc) is 2.37. The number of rotatable bonds is 6. The Kier molecular flexibility index (Phi) is 6.81. The number of methoxy groups -OCH3 is 1. The second-order valence-corrected chi connectivity index (χ2v) is 5.16. The first kappa shape index (κ1) is 15.6. The number of benzene rings is 1. The van der Waals surface area contributed by atoms with Crippen molar-refractivity contribution in [3.8, 4) is 0 Å². The van der Waals surface area contributed by atoms with Crippen LogP contribution in [-0.2, 0) is 4.74 Å². The van der Waals surface area contributed by atoms with Crippen LogP contribution in [0.5, 0.6) is 0 Å².